The first kappa shape index (κ1) is 27.2. The zero-order valence-corrected chi connectivity index (χ0v) is 24.1. The molecule has 0 aliphatic carbocycles. The van der Waals surface area contributed by atoms with Crippen molar-refractivity contribution in [1.82, 2.24) is 24.8 Å². The number of aryl methyl sites for hydroxylation is 1. The van der Waals surface area contributed by atoms with E-state index in [0.29, 0.717) is 11.3 Å². The molecule has 42 heavy (non-hydrogen) atoms. The van der Waals surface area contributed by atoms with Gasteiger partial charge in [-0.2, -0.15) is 0 Å². The maximum Gasteiger partial charge on any atom is 0.338 e. The van der Waals surface area contributed by atoms with Crippen LogP contribution >= 0.6 is 0 Å². The number of para-hydroxylation sites is 1. The second-order valence-corrected chi connectivity index (χ2v) is 11.0. The van der Waals surface area contributed by atoms with Gasteiger partial charge in [0.15, 0.2) is 0 Å². The third-order valence-electron chi connectivity index (χ3n) is 7.15. The lowest BCUT2D eigenvalue weighted by molar-refractivity contribution is -0.130. The molecule has 3 aromatic heterocycles. The summed E-state index contributed by atoms with van der Waals surface area (Å²) in [5.41, 5.74) is 10.1. The molecule has 0 atom stereocenters. The van der Waals surface area contributed by atoms with Crippen molar-refractivity contribution < 1.29 is 9.53 Å². The Morgan fingerprint density at radius 3 is 2.05 bits per heavy atom. The van der Waals surface area contributed by atoms with Crippen molar-refractivity contribution >= 4 is 52.3 Å². The molecule has 7 heteroatoms. The van der Waals surface area contributed by atoms with E-state index in [2.05, 4.69) is 41.6 Å². The number of rotatable bonds is 7. The zero-order chi connectivity index (χ0) is 29.2. The Kier molecular flexibility index (Phi) is 7.42. The van der Waals surface area contributed by atoms with Crippen molar-refractivity contribution in [3.8, 4) is 16.9 Å². The minimum Gasteiger partial charge on any atom is -0.422 e. The summed E-state index contributed by atoms with van der Waals surface area (Å²) in [4.78, 5) is 31.6. The number of carbonyl (C=O) groups excluding carboxylic acids is 1. The second-order valence-electron chi connectivity index (χ2n) is 11.0. The van der Waals surface area contributed by atoms with E-state index < -0.39 is 5.97 Å². The first-order valence-electron chi connectivity index (χ1n) is 14.0. The number of fused-ring (bicyclic) bond motifs is 8. The third-order valence-corrected chi connectivity index (χ3v) is 7.15. The number of benzene rings is 1. The fourth-order valence-corrected chi connectivity index (χ4v) is 5.12. The number of ether oxygens (including phenoxy) is 1. The molecular formula is C35H33N5O2. The molecule has 2 aliphatic rings. The maximum atomic E-state index is 12.8. The summed E-state index contributed by atoms with van der Waals surface area (Å²) in [7, 11) is 4.11. The fourth-order valence-electron chi connectivity index (χ4n) is 5.12. The highest BCUT2D eigenvalue weighted by molar-refractivity contribution is 5.94. The van der Waals surface area contributed by atoms with Gasteiger partial charge in [-0.1, -0.05) is 24.8 Å². The molecule has 0 unspecified atom stereocenters. The standard InChI is InChI=1S/C35H33N5O2/c1-22(2)35(41)42-34-23(8-6-16-40(3)4)7-5-9-31(34)32-20-30-19-28-13-12-26(37-28)17-24-10-11-25(36-24)18-27-14-15-29(38-27)21-33(32)39-30/h5,7,9-15,17-21,36,39H,1,6,8,16H2,2-4H3. The molecule has 1 aromatic carbocycles. The fraction of sp³-hybridized carbons (Fsp3) is 0.171. The minimum absolute atomic E-state index is 0.352. The Labute approximate surface area is 244 Å². The van der Waals surface area contributed by atoms with Crippen molar-refractivity contribution in [2.45, 2.75) is 19.8 Å². The van der Waals surface area contributed by atoms with Gasteiger partial charge in [-0.25, -0.2) is 14.8 Å². The minimum atomic E-state index is -0.440. The molecule has 0 fully saturated rings. The predicted octanol–water partition coefficient (Wildman–Crippen LogP) is 7.30. The number of aromatic nitrogens is 4. The lowest BCUT2D eigenvalue weighted by atomic mass is 9.99. The summed E-state index contributed by atoms with van der Waals surface area (Å²) in [5.74, 6) is 0.120. The SMILES string of the molecule is C=C(C)C(=O)Oc1c(CCCN(C)C)cccc1-c1cc2cc3nc(cc4ccc(cc5nc(cc1[nH]2)C=C5)[nH]4)C=C3. The smallest absolute Gasteiger partial charge is 0.338 e. The molecule has 2 N–H and O–H groups in total. The topological polar surface area (TPSA) is 86.9 Å². The highest BCUT2D eigenvalue weighted by atomic mass is 16.5. The van der Waals surface area contributed by atoms with Crippen LogP contribution in [0.15, 0.2) is 72.8 Å². The van der Waals surface area contributed by atoms with Gasteiger partial charge in [0.05, 0.1) is 22.8 Å². The molecule has 8 bridgehead atoms. The Morgan fingerprint density at radius 2 is 1.43 bits per heavy atom. The molecule has 0 radical (unpaired) electrons. The van der Waals surface area contributed by atoms with E-state index >= 15 is 0 Å². The van der Waals surface area contributed by atoms with Crippen LogP contribution in [0.25, 0.3) is 57.5 Å². The summed E-state index contributed by atoms with van der Waals surface area (Å²) >= 11 is 0. The van der Waals surface area contributed by atoms with E-state index in [-0.39, 0.29) is 0 Å². The molecule has 6 rings (SSSR count). The predicted molar refractivity (Wildman–Crippen MR) is 172 cm³/mol. The van der Waals surface area contributed by atoms with Crippen molar-refractivity contribution in [1.29, 1.82) is 0 Å². The lowest BCUT2D eigenvalue weighted by Crippen LogP contribution is -2.14. The molecule has 0 spiro atoms. The van der Waals surface area contributed by atoms with Gasteiger partial charge < -0.3 is 19.6 Å². The van der Waals surface area contributed by atoms with Gasteiger partial charge in [0.1, 0.15) is 5.75 Å². The number of nitrogens with one attached hydrogen (secondary N) is 2. The van der Waals surface area contributed by atoms with Gasteiger partial charge in [-0.15, -0.1) is 0 Å². The van der Waals surface area contributed by atoms with Crippen LogP contribution in [0.4, 0.5) is 0 Å². The van der Waals surface area contributed by atoms with Crippen molar-refractivity contribution in [3.05, 3.63) is 101 Å². The summed E-state index contributed by atoms with van der Waals surface area (Å²) in [5, 5.41) is 0. The van der Waals surface area contributed by atoms with Crippen LogP contribution in [-0.4, -0.2) is 51.4 Å². The summed E-state index contributed by atoms with van der Waals surface area (Å²) in [6.07, 6.45) is 9.70. The Bertz CT molecular complexity index is 1920. The van der Waals surface area contributed by atoms with Gasteiger partial charge in [0.25, 0.3) is 0 Å². The number of carbonyl (C=O) groups is 1. The summed E-state index contributed by atoms with van der Waals surface area (Å²) in [6.45, 7) is 6.40. The van der Waals surface area contributed by atoms with Gasteiger partial charge in [-0.05, 0) is 113 Å². The van der Waals surface area contributed by atoms with Crippen LogP contribution in [0.3, 0.4) is 0 Å². The van der Waals surface area contributed by atoms with Crippen LogP contribution in [-0.2, 0) is 11.2 Å². The molecule has 0 saturated heterocycles. The van der Waals surface area contributed by atoms with Gasteiger partial charge in [0.2, 0.25) is 0 Å². The van der Waals surface area contributed by atoms with E-state index in [9.17, 15) is 4.79 Å². The van der Waals surface area contributed by atoms with Crippen molar-refractivity contribution in [3.63, 3.8) is 0 Å². The van der Waals surface area contributed by atoms with E-state index in [0.717, 1.165) is 80.9 Å². The van der Waals surface area contributed by atoms with Crippen molar-refractivity contribution in [2.75, 3.05) is 20.6 Å². The first-order valence-corrected chi connectivity index (χ1v) is 14.0. The third kappa shape index (κ3) is 6.01. The van der Waals surface area contributed by atoms with E-state index in [1.165, 1.54) is 0 Å². The number of nitrogens with zero attached hydrogens (tertiary/aromatic N) is 3. The summed E-state index contributed by atoms with van der Waals surface area (Å²) < 4.78 is 6.03. The lowest BCUT2D eigenvalue weighted by Gasteiger charge is -2.16. The maximum absolute atomic E-state index is 12.8. The zero-order valence-electron chi connectivity index (χ0n) is 24.1. The van der Waals surface area contributed by atoms with E-state index in [4.69, 9.17) is 14.7 Å². The van der Waals surface area contributed by atoms with Gasteiger partial charge in [0, 0.05) is 38.8 Å². The molecule has 210 valence electrons. The Balaban J connectivity index is 1.58. The number of hydrogen-bond donors (Lipinski definition) is 2. The monoisotopic (exact) mass is 555 g/mol. The number of aromatic amines is 2. The Hall–Kier alpha value is -5.01. The first-order chi connectivity index (χ1) is 20.3. The molecule has 7 nitrogen and oxygen atoms in total. The van der Waals surface area contributed by atoms with Crippen LogP contribution < -0.4 is 4.74 Å². The number of esters is 1. The van der Waals surface area contributed by atoms with Crippen LogP contribution in [0.5, 0.6) is 5.75 Å². The number of H-pyrrole nitrogens is 2. The van der Waals surface area contributed by atoms with E-state index in [1.807, 2.05) is 78.9 Å². The highest BCUT2D eigenvalue weighted by Crippen LogP contribution is 2.38. The van der Waals surface area contributed by atoms with Crippen LogP contribution in [0.1, 0.15) is 41.7 Å². The second kappa shape index (κ2) is 11.5. The van der Waals surface area contributed by atoms with E-state index in [1.54, 1.807) is 6.92 Å². The van der Waals surface area contributed by atoms with Crippen LogP contribution in [0, 0.1) is 0 Å². The largest absolute Gasteiger partial charge is 0.422 e. The molecule has 2 aliphatic heterocycles. The van der Waals surface area contributed by atoms with Gasteiger partial charge >= 0.3 is 5.97 Å². The average molecular weight is 556 g/mol. The molecule has 5 heterocycles. The van der Waals surface area contributed by atoms with Crippen LogP contribution in [0.2, 0.25) is 0 Å². The molecule has 0 saturated carbocycles. The average Bonchev–Trinajstić information content (AvgIpc) is 3.75. The number of hydrogen-bond acceptors (Lipinski definition) is 5. The summed E-state index contributed by atoms with van der Waals surface area (Å²) in [6, 6.07) is 20.3. The Morgan fingerprint density at radius 1 is 0.810 bits per heavy atom. The quantitative estimate of drug-likeness (QED) is 0.123. The highest BCUT2D eigenvalue weighted by Gasteiger charge is 2.18. The normalized spacial score (nSPS) is 12.2. The molecule has 0 amide bonds. The van der Waals surface area contributed by atoms with Gasteiger partial charge in [-0.3, -0.25) is 0 Å². The molecule has 4 aromatic rings. The molecular weight excluding hydrogens is 522 g/mol. The van der Waals surface area contributed by atoms with Crippen molar-refractivity contribution in [2.24, 2.45) is 0 Å².